The highest BCUT2D eigenvalue weighted by molar-refractivity contribution is 7.21. The van der Waals surface area contributed by atoms with E-state index in [-0.39, 0.29) is 18.6 Å². The van der Waals surface area contributed by atoms with Crippen LogP contribution in [0, 0.1) is 6.92 Å². The predicted octanol–water partition coefficient (Wildman–Crippen LogP) is 2.78. The van der Waals surface area contributed by atoms with Gasteiger partial charge < -0.3 is 15.7 Å². The van der Waals surface area contributed by atoms with Gasteiger partial charge in [-0.15, -0.1) is 11.3 Å². The summed E-state index contributed by atoms with van der Waals surface area (Å²) < 4.78 is 1.05. The number of hydrogen-bond acceptors (Lipinski definition) is 4. The van der Waals surface area contributed by atoms with Gasteiger partial charge in [0.2, 0.25) is 0 Å². The van der Waals surface area contributed by atoms with Crippen molar-refractivity contribution < 1.29 is 9.90 Å². The Labute approximate surface area is 128 Å². The maximum Gasteiger partial charge on any atom is 0.266 e. The van der Waals surface area contributed by atoms with Gasteiger partial charge in [0.15, 0.2) is 0 Å². The van der Waals surface area contributed by atoms with E-state index >= 15 is 0 Å². The van der Waals surface area contributed by atoms with Crippen LogP contribution in [0.2, 0.25) is 0 Å². The molecule has 1 aliphatic rings. The fourth-order valence-electron chi connectivity index (χ4n) is 2.97. The van der Waals surface area contributed by atoms with Gasteiger partial charge in [-0.3, -0.25) is 4.79 Å². The molecule has 2 heterocycles. The van der Waals surface area contributed by atoms with Crippen LogP contribution < -0.4 is 5.73 Å². The van der Waals surface area contributed by atoms with Gasteiger partial charge in [0.05, 0.1) is 18.3 Å². The van der Waals surface area contributed by atoms with Crippen LogP contribution in [0.4, 0.5) is 5.69 Å². The standard InChI is InChI=1S/C16H20N2O2S/c1-10-5-6-12-13(8-10)21-15(14(12)17)16(20)18-7-3-2-4-11(18)9-19/h5-6,8,11,19H,2-4,7,9,17H2,1H3. The van der Waals surface area contributed by atoms with Crippen LogP contribution in [0.1, 0.15) is 34.5 Å². The maximum atomic E-state index is 12.8. The van der Waals surface area contributed by atoms with Crippen LogP contribution in [-0.4, -0.2) is 35.1 Å². The van der Waals surface area contributed by atoms with E-state index in [2.05, 4.69) is 6.07 Å². The second-order valence-electron chi connectivity index (χ2n) is 5.68. The van der Waals surface area contributed by atoms with Gasteiger partial charge in [-0.1, -0.05) is 12.1 Å². The van der Waals surface area contributed by atoms with Gasteiger partial charge in [0, 0.05) is 16.6 Å². The summed E-state index contributed by atoms with van der Waals surface area (Å²) in [6.07, 6.45) is 2.92. The van der Waals surface area contributed by atoms with Crippen molar-refractivity contribution in [1.82, 2.24) is 4.90 Å². The first kappa shape index (κ1) is 14.4. The van der Waals surface area contributed by atoms with Crippen LogP contribution in [0.15, 0.2) is 18.2 Å². The molecule has 0 aliphatic carbocycles. The number of thiophene rings is 1. The number of aryl methyl sites for hydroxylation is 1. The number of piperidine rings is 1. The summed E-state index contributed by atoms with van der Waals surface area (Å²) in [5.74, 6) is -0.0369. The Hall–Kier alpha value is -1.59. The maximum absolute atomic E-state index is 12.8. The highest BCUT2D eigenvalue weighted by atomic mass is 32.1. The SMILES string of the molecule is Cc1ccc2c(N)c(C(=O)N3CCCCC3CO)sc2c1. The Morgan fingerprint density at radius 1 is 1.48 bits per heavy atom. The number of hydrogen-bond donors (Lipinski definition) is 2. The molecule has 1 saturated heterocycles. The molecule has 0 radical (unpaired) electrons. The summed E-state index contributed by atoms with van der Waals surface area (Å²) in [5.41, 5.74) is 7.92. The Balaban J connectivity index is 1.99. The van der Waals surface area contributed by atoms with Crippen molar-refractivity contribution in [2.75, 3.05) is 18.9 Å². The lowest BCUT2D eigenvalue weighted by molar-refractivity contribution is 0.0509. The van der Waals surface area contributed by atoms with Gasteiger partial charge in [-0.25, -0.2) is 0 Å². The lowest BCUT2D eigenvalue weighted by Crippen LogP contribution is -2.45. The summed E-state index contributed by atoms with van der Waals surface area (Å²) in [5, 5.41) is 10.4. The average Bonchev–Trinajstić information content (AvgIpc) is 2.82. The number of carbonyl (C=O) groups is 1. The van der Waals surface area contributed by atoms with Crippen molar-refractivity contribution in [3.05, 3.63) is 28.6 Å². The third-order valence-corrected chi connectivity index (χ3v) is 5.33. The number of rotatable bonds is 2. The van der Waals surface area contributed by atoms with E-state index in [1.54, 1.807) is 4.90 Å². The van der Waals surface area contributed by atoms with Crippen molar-refractivity contribution in [3.8, 4) is 0 Å². The van der Waals surface area contributed by atoms with Crippen LogP contribution >= 0.6 is 11.3 Å². The molecule has 112 valence electrons. The van der Waals surface area contributed by atoms with Gasteiger partial charge in [0.25, 0.3) is 5.91 Å². The molecule has 0 spiro atoms. The van der Waals surface area contributed by atoms with E-state index in [0.717, 1.165) is 34.9 Å². The van der Waals surface area contributed by atoms with Gasteiger partial charge in [-0.05, 0) is 37.8 Å². The second kappa shape index (κ2) is 5.66. The van der Waals surface area contributed by atoms with Crippen LogP contribution in [0.3, 0.4) is 0 Å². The number of benzene rings is 1. The molecular weight excluding hydrogens is 284 g/mol. The predicted molar refractivity (Wildman–Crippen MR) is 86.7 cm³/mol. The summed E-state index contributed by atoms with van der Waals surface area (Å²) in [6.45, 7) is 2.76. The summed E-state index contributed by atoms with van der Waals surface area (Å²) in [7, 11) is 0. The molecule has 1 aliphatic heterocycles. The number of likely N-dealkylation sites (tertiary alicyclic amines) is 1. The number of carbonyl (C=O) groups excluding carboxylic acids is 1. The first-order chi connectivity index (χ1) is 10.1. The molecule has 1 atom stereocenters. The molecule has 3 N–H and O–H groups in total. The van der Waals surface area contributed by atoms with E-state index in [1.807, 2.05) is 19.1 Å². The largest absolute Gasteiger partial charge is 0.397 e. The number of aliphatic hydroxyl groups excluding tert-OH is 1. The molecule has 5 heteroatoms. The quantitative estimate of drug-likeness (QED) is 0.896. The fourth-order valence-corrected chi connectivity index (χ4v) is 4.15. The monoisotopic (exact) mass is 304 g/mol. The Morgan fingerprint density at radius 2 is 2.29 bits per heavy atom. The molecule has 3 rings (SSSR count). The molecule has 1 amide bonds. The fraction of sp³-hybridized carbons (Fsp3) is 0.438. The number of nitrogens with two attached hydrogens (primary N) is 1. The van der Waals surface area contributed by atoms with Gasteiger partial charge in [0.1, 0.15) is 4.88 Å². The molecule has 1 fully saturated rings. The number of aliphatic hydroxyl groups is 1. The normalized spacial score (nSPS) is 19.1. The number of nitrogen functional groups attached to an aromatic ring is 1. The number of nitrogens with zero attached hydrogens (tertiary/aromatic N) is 1. The van der Waals surface area contributed by atoms with Crippen molar-refractivity contribution in [3.63, 3.8) is 0 Å². The molecule has 0 bridgehead atoms. The molecule has 1 unspecified atom stereocenters. The Morgan fingerprint density at radius 3 is 3.05 bits per heavy atom. The Bertz CT molecular complexity index is 680. The molecule has 21 heavy (non-hydrogen) atoms. The molecule has 1 aromatic heterocycles. The van der Waals surface area contributed by atoms with Gasteiger partial charge in [-0.2, -0.15) is 0 Å². The summed E-state index contributed by atoms with van der Waals surface area (Å²) in [4.78, 5) is 15.2. The van der Waals surface area contributed by atoms with Crippen LogP contribution in [0.25, 0.3) is 10.1 Å². The van der Waals surface area contributed by atoms with Crippen LogP contribution in [0.5, 0.6) is 0 Å². The third kappa shape index (κ3) is 2.51. The van der Waals surface area contributed by atoms with E-state index < -0.39 is 0 Å². The minimum Gasteiger partial charge on any atom is -0.397 e. The molecule has 4 nitrogen and oxygen atoms in total. The minimum atomic E-state index is -0.0717. The van der Waals surface area contributed by atoms with Crippen molar-refractivity contribution in [2.45, 2.75) is 32.2 Å². The van der Waals surface area contributed by atoms with E-state index in [0.29, 0.717) is 17.1 Å². The second-order valence-corrected chi connectivity index (χ2v) is 6.73. The number of anilines is 1. The summed E-state index contributed by atoms with van der Waals surface area (Å²) in [6, 6.07) is 5.98. The van der Waals surface area contributed by atoms with Gasteiger partial charge >= 0.3 is 0 Å². The van der Waals surface area contributed by atoms with Crippen molar-refractivity contribution >= 4 is 33.0 Å². The summed E-state index contributed by atoms with van der Waals surface area (Å²) >= 11 is 1.45. The zero-order valence-electron chi connectivity index (χ0n) is 12.1. The lowest BCUT2D eigenvalue weighted by atomic mass is 10.0. The molecule has 0 saturated carbocycles. The molecule has 1 aromatic carbocycles. The number of fused-ring (bicyclic) bond motifs is 1. The highest BCUT2D eigenvalue weighted by Gasteiger charge is 2.29. The first-order valence-corrected chi connectivity index (χ1v) is 8.14. The topological polar surface area (TPSA) is 66.6 Å². The van der Waals surface area contributed by atoms with E-state index in [9.17, 15) is 9.90 Å². The average molecular weight is 304 g/mol. The van der Waals surface area contributed by atoms with E-state index in [1.165, 1.54) is 11.3 Å². The zero-order chi connectivity index (χ0) is 15.0. The van der Waals surface area contributed by atoms with E-state index in [4.69, 9.17) is 5.73 Å². The first-order valence-electron chi connectivity index (χ1n) is 7.32. The third-order valence-electron chi connectivity index (χ3n) is 4.18. The van der Waals surface area contributed by atoms with Crippen LogP contribution in [-0.2, 0) is 0 Å². The Kier molecular flexibility index (Phi) is 3.87. The zero-order valence-corrected chi connectivity index (χ0v) is 12.9. The van der Waals surface area contributed by atoms with Crippen molar-refractivity contribution in [2.24, 2.45) is 0 Å². The lowest BCUT2D eigenvalue weighted by Gasteiger charge is -2.34. The smallest absolute Gasteiger partial charge is 0.266 e. The molecular formula is C16H20N2O2S. The molecule has 2 aromatic rings. The minimum absolute atomic E-state index is 0.0235. The number of amides is 1. The van der Waals surface area contributed by atoms with Crippen molar-refractivity contribution in [1.29, 1.82) is 0 Å². The highest BCUT2D eigenvalue weighted by Crippen LogP contribution is 2.35.